The van der Waals surface area contributed by atoms with Gasteiger partial charge in [0.15, 0.2) is 5.82 Å². The number of aromatic nitrogens is 2. The van der Waals surface area contributed by atoms with E-state index in [1.165, 1.54) is 0 Å². The molecule has 0 bridgehead atoms. The maximum absolute atomic E-state index is 12.3. The lowest BCUT2D eigenvalue weighted by molar-refractivity contribution is -0.137. The molecule has 7 nitrogen and oxygen atoms in total. The molecule has 1 aliphatic rings. The van der Waals surface area contributed by atoms with Crippen molar-refractivity contribution < 1.29 is 14.1 Å². The van der Waals surface area contributed by atoms with E-state index < -0.39 is 5.54 Å². The largest absolute Gasteiger partial charge is 0.341 e. The SMILES string of the molecule is Cc1noc(C(C)(C)NC(=O)CN2CCCCCCC2=O)n1. The van der Waals surface area contributed by atoms with Crippen molar-refractivity contribution in [3.8, 4) is 0 Å². The fourth-order valence-electron chi connectivity index (χ4n) is 2.55. The molecule has 1 fully saturated rings. The van der Waals surface area contributed by atoms with E-state index in [1.54, 1.807) is 25.7 Å². The lowest BCUT2D eigenvalue weighted by Gasteiger charge is -2.27. The van der Waals surface area contributed by atoms with Gasteiger partial charge in [-0.1, -0.05) is 18.0 Å². The number of carbonyl (C=O) groups is 2. The van der Waals surface area contributed by atoms with Crippen LogP contribution in [0.15, 0.2) is 4.52 Å². The Kier molecular flexibility index (Phi) is 5.15. The Morgan fingerprint density at radius 1 is 1.32 bits per heavy atom. The van der Waals surface area contributed by atoms with Crippen molar-refractivity contribution >= 4 is 11.8 Å². The molecule has 122 valence electrons. The standard InChI is InChI=1S/C15H24N4O3/c1-11-16-14(22-18-11)15(2,3)17-12(20)10-19-9-7-5-4-6-8-13(19)21/h4-10H2,1-3H3,(H,17,20). The Morgan fingerprint density at radius 2 is 2.05 bits per heavy atom. The third-order valence-electron chi connectivity index (χ3n) is 3.77. The van der Waals surface area contributed by atoms with Crippen LogP contribution in [0.2, 0.25) is 0 Å². The van der Waals surface area contributed by atoms with Gasteiger partial charge in [0.05, 0.1) is 6.54 Å². The highest BCUT2D eigenvalue weighted by atomic mass is 16.5. The summed E-state index contributed by atoms with van der Waals surface area (Å²) in [6, 6.07) is 0. The first kappa shape index (κ1) is 16.5. The molecule has 2 rings (SSSR count). The highest BCUT2D eigenvalue weighted by Gasteiger charge is 2.30. The molecule has 1 aromatic heterocycles. The molecule has 22 heavy (non-hydrogen) atoms. The Morgan fingerprint density at radius 3 is 2.73 bits per heavy atom. The number of aryl methyl sites for hydroxylation is 1. The maximum atomic E-state index is 12.3. The van der Waals surface area contributed by atoms with Crippen molar-refractivity contribution in [3.63, 3.8) is 0 Å². The summed E-state index contributed by atoms with van der Waals surface area (Å²) in [5, 5.41) is 6.60. The number of rotatable bonds is 4. The molecular weight excluding hydrogens is 284 g/mol. The Bertz CT molecular complexity index is 539. The van der Waals surface area contributed by atoms with E-state index in [-0.39, 0.29) is 18.4 Å². The molecular formula is C15H24N4O3. The molecule has 0 aliphatic carbocycles. The quantitative estimate of drug-likeness (QED) is 0.911. The Labute approximate surface area is 130 Å². The zero-order valence-electron chi connectivity index (χ0n) is 13.5. The van der Waals surface area contributed by atoms with Crippen LogP contribution in [0.5, 0.6) is 0 Å². The van der Waals surface area contributed by atoms with Crippen LogP contribution in [-0.2, 0) is 15.1 Å². The van der Waals surface area contributed by atoms with E-state index in [9.17, 15) is 9.59 Å². The van der Waals surface area contributed by atoms with Crippen LogP contribution < -0.4 is 5.32 Å². The third kappa shape index (κ3) is 4.29. The van der Waals surface area contributed by atoms with Crippen molar-refractivity contribution in [1.82, 2.24) is 20.4 Å². The van der Waals surface area contributed by atoms with E-state index in [4.69, 9.17) is 4.52 Å². The Balaban J connectivity index is 1.94. The second-order valence-corrected chi connectivity index (χ2v) is 6.30. The maximum Gasteiger partial charge on any atom is 0.251 e. The van der Waals surface area contributed by atoms with E-state index >= 15 is 0 Å². The van der Waals surface area contributed by atoms with Gasteiger partial charge in [-0.05, 0) is 33.6 Å². The van der Waals surface area contributed by atoms with E-state index in [0.29, 0.717) is 24.7 Å². The van der Waals surface area contributed by atoms with E-state index in [2.05, 4.69) is 15.5 Å². The van der Waals surface area contributed by atoms with Gasteiger partial charge in [0.25, 0.3) is 5.89 Å². The smallest absolute Gasteiger partial charge is 0.251 e. The van der Waals surface area contributed by atoms with Crippen LogP contribution in [0.25, 0.3) is 0 Å². The topological polar surface area (TPSA) is 88.3 Å². The minimum atomic E-state index is -0.760. The van der Waals surface area contributed by atoms with Gasteiger partial charge in [-0.15, -0.1) is 0 Å². The lowest BCUT2D eigenvalue weighted by atomic mass is 10.1. The summed E-state index contributed by atoms with van der Waals surface area (Å²) >= 11 is 0. The van der Waals surface area contributed by atoms with Gasteiger partial charge < -0.3 is 14.7 Å². The molecule has 2 heterocycles. The van der Waals surface area contributed by atoms with Gasteiger partial charge in [0.2, 0.25) is 11.8 Å². The molecule has 1 aromatic rings. The average molecular weight is 308 g/mol. The lowest BCUT2D eigenvalue weighted by Crippen LogP contribution is -2.47. The van der Waals surface area contributed by atoms with Crippen LogP contribution in [0.3, 0.4) is 0 Å². The zero-order valence-corrected chi connectivity index (χ0v) is 13.5. The number of nitrogens with zero attached hydrogens (tertiary/aromatic N) is 3. The molecule has 1 N–H and O–H groups in total. The average Bonchev–Trinajstić information content (AvgIpc) is 2.85. The molecule has 0 radical (unpaired) electrons. The summed E-state index contributed by atoms with van der Waals surface area (Å²) in [4.78, 5) is 30.1. The molecule has 0 unspecified atom stereocenters. The van der Waals surface area contributed by atoms with E-state index in [0.717, 1.165) is 25.7 Å². The van der Waals surface area contributed by atoms with Crippen molar-refractivity contribution in [3.05, 3.63) is 11.7 Å². The van der Waals surface area contributed by atoms with Gasteiger partial charge in [-0.3, -0.25) is 9.59 Å². The summed E-state index contributed by atoms with van der Waals surface area (Å²) in [6.45, 7) is 6.05. The summed E-state index contributed by atoms with van der Waals surface area (Å²) in [7, 11) is 0. The molecule has 0 spiro atoms. The number of amides is 2. The predicted octanol–water partition coefficient (Wildman–Crippen LogP) is 1.52. The molecule has 0 aromatic carbocycles. The first-order valence-electron chi connectivity index (χ1n) is 7.78. The van der Waals surface area contributed by atoms with Crippen molar-refractivity contribution in [2.45, 2.75) is 58.4 Å². The number of hydrogen-bond donors (Lipinski definition) is 1. The summed E-state index contributed by atoms with van der Waals surface area (Å²) in [5.41, 5.74) is -0.760. The van der Waals surface area contributed by atoms with Crippen LogP contribution in [0, 0.1) is 6.92 Å². The van der Waals surface area contributed by atoms with Crippen LogP contribution >= 0.6 is 0 Å². The number of nitrogens with one attached hydrogen (secondary N) is 1. The van der Waals surface area contributed by atoms with Gasteiger partial charge in [0, 0.05) is 13.0 Å². The number of likely N-dealkylation sites (tertiary alicyclic amines) is 1. The van der Waals surface area contributed by atoms with Crippen molar-refractivity contribution in [2.75, 3.05) is 13.1 Å². The van der Waals surface area contributed by atoms with Gasteiger partial charge in [-0.25, -0.2) is 0 Å². The zero-order chi connectivity index (χ0) is 16.2. The Hall–Kier alpha value is -1.92. The van der Waals surface area contributed by atoms with Crippen LogP contribution in [-0.4, -0.2) is 39.9 Å². The molecule has 7 heteroatoms. The number of carbonyl (C=O) groups excluding carboxylic acids is 2. The minimum absolute atomic E-state index is 0.0568. The second kappa shape index (κ2) is 6.89. The van der Waals surface area contributed by atoms with Gasteiger partial charge in [-0.2, -0.15) is 4.98 Å². The highest BCUT2D eigenvalue weighted by Crippen LogP contribution is 2.18. The number of hydrogen-bond acceptors (Lipinski definition) is 5. The molecule has 1 aliphatic heterocycles. The summed E-state index contributed by atoms with van der Waals surface area (Å²) in [6.07, 6.45) is 4.59. The second-order valence-electron chi connectivity index (χ2n) is 6.30. The molecule has 0 saturated carbocycles. The van der Waals surface area contributed by atoms with Gasteiger partial charge in [0.1, 0.15) is 5.54 Å². The normalized spacial score (nSPS) is 17.0. The molecule has 0 atom stereocenters. The van der Waals surface area contributed by atoms with Crippen LogP contribution in [0.4, 0.5) is 0 Å². The monoisotopic (exact) mass is 308 g/mol. The van der Waals surface area contributed by atoms with E-state index in [1.807, 2.05) is 0 Å². The summed E-state index contributed by atoms with van der Waals surface area (Å²) in [5.74, 6) is 0.727. The first-order valence-corrected chi connectivity index (χ1v) is 7.78. The fourth-order valence-corrected chi connectivity index (χ4v) is 2.55. The van der Waals surface area contributed by atoms with Crippen molar-refractivity contribution in [1.29, 1.82) is 0 Å². The summed E-state index contributed by atoms with van der Waals surface area (Å²) < 4.78 is 5.12. The van der Waals surface area contributed by atoms with Crippen LogP contribution in [0.1, 0.15) is 57.7 Å². The first-order chi connectivity index (χ1) is 10.4. The highest BCUT2D eigenvalue weighted by molar-refractivity contribution is 5.85. The predicted molar refractivity (Wildman–Crippen MR) is 79.9 cm³/mol. The fraction of sp³-hybridized carbons (Fsp3) is 0.733. The third-order valence-corrected chi connectivity index (χ3v) is 3.77. The van der Waals surface area contributed by atoms with Crippen molar-refractivity contribution in [2.24, 2.45) is 0 Å². The van der Waals surface area contributed by atoms with Gasteiger partial charge >= 0.3 is 0 Å². The molecule has 1 saturated heterocycles. The molecule has 2 amide bonds. The minimum Gasteiger partial charge on any atom is -0.341 e.